The van der Waals surface area contributed by atoms with E-state index in [0.29, 0.717) is 30.1 Å². The molecular weight excluding hydrogens is 424 g/mol. The SMILES string of the molecule is CCC(O)N(C(=O)COc1ccc2c(c1)N=C(N)N(CC(=O)OC(C)C)C2)c1ccccc1. The fourth-order valence-electron chi connectivity index (χ4n) is 3.41. The van der Waals surface area contributed by atoms with Crippen LogP contribution in [0.5, 0.6) is 5.75 Å². The molecule has 0 fully saturated rings. The number of benzene rings is 2. The number of anilines is 1. The number of carbonyl (C=O) groups is 2. The van der Waals surface area contributed by atoms with E-state index in [1.165, 1.54) is 4.90 Å². The van der Waals surface area contributed by atoms with Crippen molar-refractivity contribution in [3.63, 3.8) is 0 Å². The molecule has 3 rings (SSSR count). The number of nitrogens with zero attached hydrogens (tertiary/aromatic N) is 3. The second kappa shape index (κ2) is 10.8. The molecule has 1 unspecified atom stereocenters. The minimum absolute atomic E-state index is 0.00871. The van der Waals surface area contributed by atoms with Gasteiger partial charge in [0.15, 0.2) is 12.6 Å². The Hall–Kier alpha value is -3.59. The molecule has 1 amide bonds. The summed E-state index contributed by atoms with van der Waals surface area (Å²) in [7, 11) is 0. The van der Waals surface area contributed by atoms with Gasteiger partial charge in [-0.15, -0.1) is 0 Å². The van der Waals surface area contributed by atoms with Crippen molar-refractivity contribution in [1.29, 1.82) is 0 Å². The Labute approximate surface area is 193 Å². The highest BCUT2D eigenvalue weighted by atomic mass is 16.5. The van der Waals surface area contributed by atoms with E-state index in [1.807, 2.05) is 12.1 Å². The van der Waals surface area contributed by atoms with Crippen LogP contribution in [0.15, 0.2) is 53.5 Å². The molecule has 1 atom stereocenters. The number of fused-ring (bicyclic) bond motifs is 1. The molecule has 0 saturated heterocycles. The number of amides is 1. The third kappa shape index (κ3) is 6.23. The molecule has 0 bridgehead atoms. The lowest BCUT2D eigenvalue weighted by Crippen LogP contribution is -2.43. The summed E-state index contributed by atoms with van der Waals surface area (Å²) < 4.78 is 10.9. The Morgan fingerprint density at radius 3 is 2.61 bits per heavy atom. The van der Waals surface area contributed by atoms with Crippen molar-refractivity contribution in [2.45, 2.75) is 46.1 Å². The number of guanidine groups is 1. The topological polar surface area (TPSA) is 118 Å². The maximum Gasteiger partial charge on any atom is 0.325 e. The van der Waals surface area contributed by atoms with Gasteiger partial charge in [0.1, 0.15) is 18.5 Å². The summed E-state index contributed by atoms with van der Waals surface area (Å²) in [5.41, 5.74) is 8.11. The minimum atomic E-state index is -0.954. The zero-order valence-corrected chi connectivity index (χ0v) is 19.1. The summed E-state index contributed by atoms with van der Waals surface area (Å²) in [6.45, 7) is 5.53. The number of carbonyl (C=O) groups excluding carboxylic acids is 2. The van der Waals surface area contributed by atoms with Crippen LogP contribution in [0.25, 0.3) is 0 Å². The van der Waals surface area contributed by atoms with Gasteiger partial charge in [0.25, 0.3) is 5.91 Å². The maximum absolute atomic E-state index is 12.8. The first-order valence-corrected chi connectivity index (χ1v) is 10.9. The van der Waals surface area contributed by atoms with Crippen LogP contribution in [0.1, 0.15) is 32.8 Å². The van der Waals surface area contributed by atoms with Crippen molar-refractivity contribution in [2.75, 3.05) is 18.1 Å². The number of aliphatic imine (C=N–C) groups is 1. The lowest BCUT2D eigenvalue weighted by molar-refractivity contribution is -0.147. The zero-order chi connectivity index (χ0) is 24.0. The molecule has 176 valence electrons. The van der Waals surface area contributed by atoms with Gasteiger partial charge in [0, 0.05) is 18.3 Å². The molecule has 0 aliphatic carbocycles. The van der Waals surface area contributed by atoms with E-state index < -0.39 is 6.23 Å². The van der Waals surface area contributed by atoms with Crippen LogP contribution in [0.4, 0.5) is 11.4 Å². The number of esters is 1. The van der Waals surface area contributed by atoms with E-state index in [1.54, 1.807) is 62.1 Å². The number of hydrogen-bond acceptors (Lipinski definition) is 8. The third-order valence-electron chi connectivity index (χ3n) is 4.99. The summed E-state index contributed by atoms with van der Waals surface area (Å²) in [4.78, 5) is 32.1. The molecule has 0 spiro atoms. The predicted octanol–water partition coefficient (Wildman–Crippen LogP) is 2.54. The number of rotatable bonds is 9. The molecule has 9 heteroatoms. The standard InChI is InChI=1S/C24H30N4O5/c1-4-21(29)28(18-8-6-5-7-9-18)22(30)15-32-19-11-10-17-13-27(14-23(31)33-16(2)3)24(25)26-20(17)12-19/h5-12,16,21,29H,4,13-15H2,1-3H3,(H2,25,26). The van der Waals surface area contributed by atoms with Crippen molar-refractivity contribution in [3.05, 3.63) is 54.1 Å². The summed E-state index contributed by atoms with van der Waals surface area (Å²) in [6, 6.07) is 14.2. The van der Waals surface area contributed by atoms with Crippen LogP contribution in [-0.2, 0) is 20.9 Å². The molecule has 3 N–H and O–H groups in total. The van der Waals surface area contributed by atoms with Crippen molar-refractivity contribution in [2.24, 2.45) is 10.7 Å². The second-order valence-corrected chi connectivity index (χ2v) is 7.93. The average molecular weight is 455 g/mol. The largest absolute Gasteiger partial charge is 0.484 e. The molecule has 9 nitrogen and oxygen atoms in total. The predicted molar refractivity (Wildman–Crippen MR) is 125 cm³/mol. The molecule has 1 aliphatic rings. The quantitative estimate of drug-likeness (QED) is 0.442. The van der Waals surface area contributed by atoms with E-state index >= 15 is 0 Å². The van der Waals surface area contributed by atoms with E-state index in [-0.39, 0.29) is 37.1 Å². The first kappa shape index (κ1) is 24.1. The number of aliphatic hydroxyl groups excluding tert-OH is 1. The van der Waals surface area contributed by atoms with Gasteiger partial charge in [-0.2, -0.15) is 0 Å². The van der Waals surface area contributed by atoms with Gasteiger partial charge < -0.3 is 25.2 Å². The highest BCUT2D eigenvalue weighted by molar-refractivity contribution is 5.94. The number of ether oxygens (including phenoxy) is 2. The average Bonchev–Trinajstić information content (AvgIpc) is 2.78. The molecule has 1 aliphatic heterocycles. The van der Waals surface area contributed by atoms with Gasteiger partial charge in [-0.3, -0.25) is 14.5 Å². The van der Waals surface area contributed by atoms with Crippen molar-refractivity contribution in [3.8, 4) is 5.75 Å². The Morgan fingerprint density at radius 1 is 1.21 bits per heavy atom. The normalized spacial score (nSPS) is 13.7. The fraction of sp³-hybridized carbons (Fsp3) is 0.375. The van der Waals surface area contributed by atoms with Gasteiger partial charge in [-0.25, -0.2) is 4.99 Å². The van der Waals surface area contributed by atoms with Crippen molar-refractivity contribution in [1.82, 2.24) is 4.90 Å². The number of aliphatic hydroxyl groups is 1. The Balaban J connectivity index is 1.66. The van der Waals surface area contributed by atoms with Crippen LogP contribution in [0, 0.1) is 0 Å². The molecule has 0 radical (unpaired) electrons. The number of nitrogens with two attached hydrogens (primary N) is 1. The van der Waals surface area contributed by atoms with Crippen LogP contribution in [0.3, 0.4) is 0 Å². The van der Waals surface area contributed by atoms with Gasteiger partial charge in [-0.1, -0.05) is 31.2 Å². The Kier molecular flexibility index (Phi) is 7.89. The van der Waals surface area contributed by atoms with Crippen LogP contribution >= 0.6 is 0 Å². The van der Waals surface area contributed by atoms with E-state index in [0.717, 1.165) is 5.56 Å². The zero-order valence-electron chi connectivity index (χ0n) is 19.1. The molecule has 1 heterocycles. The van der Waals surface area contributed by atoms with Gasteiger partial charge >= 0.3 is 5.97 Å². The first-order valence-electron chi connectivity index (χ1n) is 10.9. The molecular formula is C24H30N4O5. The van der Waals surface area contributed by atoms with Crippen molar-refractivity contribution < 1.29 is 24.2 Å². The Bertz CT molecular complexity index is 1010. The summed E-state index contributed by atoms with van der Waals surface area (Å²) in [6.07, 6.45) is -0.773. The number of hydrogen-bond donors (Lipinski definition) is 2. The van der Waals surface area contributed by atoms with Gasteiger partial charge in [0.2, 0.25) is 0 Å². The fourth-order valence-corrected chi connectivity index (χ4v) is 3.41. The number of para-hydroxylation sites is 1. The molecule has 0 saturated carbocycles. The van der Waals surface area contributed by atoms with Gasteiger partial charge in [-0.05, 0) is 44.0 Å². The summed E-state index contributed by atoms with van der Waals surface area (Å²) in [5, 5.41) is 10.3. The Morgan fingerprint density at radius 2 is 1.94 bits per heavy atom. The monoisotopic (exact) mass is 454 g/mol. The molecule has 2 aromatic rings. The third-order valence-corrected chi connectivity index (χ3v) is 4.99. The van der Waals surface area contributed by atoms with E-state index in [4.69, 9.17) is 15.2 Å². The van der Waals surface area contributed by atoms with E-state index in [9.17, 15) is 14.7 Å². The highest BCUT2D eigenvalue weighted by Crippen LogP contribution is 2.30. The highest BCUT2D eigenvalue weighted by Gasteiger charge is 2.24. The van der Waals surface area contributed by atoms with Crippen LogP contribution in [0.2, 0.25) is 0 Å². The van der Waals surface area contributed by atoms with Crippen LogP contribution in [-0.4, -0.2) is 53.3 Å². The second-order valence-electron chi connectivity index (χ2n) is 7.93. The lowest BCUT2D eigenvalue weighted by atomic mass is 10.1. The summed E-state index contributed by atoms with van der Waals surface area (Å²) >= 11 is 0. The van der Waals surface area contributed by atoms with E-state index in [2.05, 4.69) is 4.99 Å². The van der Waals surface area contributed by atoms with Crippen molar-refractivity contribution >= 4 is 29.2 Å². The van der Waals surface area contributed by atoms with Gasteiger partial charge in [0.05, 0.1) is 11.8 Å². The lowest BCUT2D eigenvalue weighted by Gasteiger charge is -2.28. The molecule has 2 aromatic carbocycles. The van der Waals surface area contributed by atoms with Crippen LogP contribution < -0.4 is 15.4 Å². The smallest absolute Gasteiger partial charge is 0.325 e. The first-order chi connectivity index (χ1) is 15.8. The summed E-state index contributed by atoms with van der Waals surface area (Å²) in [5.74, 6) is -0.0866. The molecule has 0 aromatic heterocycles. The maximum atomic E-state index is 12.8. The minimum Gasteiger partial charge on any atom is -0.484 e. The molecule has 33 heavy (non-hydrogen) atoms.